The highest BCUT2D eigenvalue weighted by molar-refractivity contribution is 7.99. The molecule has 0 aliphatic carbocycles. The molecule has 0 radical (unpaired) electrons. The van der Waals surface area contributed by atoms with Crippen LogP contribution in [0.4, 0.5) is 5.82 Å². The average molecular weight is 245 g/mol. The second-order valence-electron chi connectivity index (χ2n) is 4.35. The first-order chi connectivity index (χ1) is 8.43. The van der Waals surface area contributed by atoms with Crippen LogP contribution >= 0.6 is 11.8 Å². The lowest BCUT2D eigenvalue weighted by Crippen LogP contribution is -2.14. The molecule has 1 atom stereocenters. The van der Waals surface area contributed by atoms with Gasteiger partial charge in [-0.05, 0) is 36.0 Å². The van der Waals surface area contributed by atoms with E-state index in [0.29, 0.717) is 0 Å². The number of anilines is 1. The molecule has 1 aromatic heterocycles. The molecule has 1 saturated heterocycles. The Balaban J connectivity index is 1.79. The predicted octanol–water partition coefficient (Wildman–Crippen LogP) is 2.79. The van der Waals surface area contributed by atoms with E-state index in [4.69, 9.17) is 0 Å². The molecular weight excluding hydrogens is 230 g/mol. The minimum absolute atomic E-state index is 0.786. The maximum atomic E-state index is 4.34. The predicted molar refractivity (Wildman–Crippen MR) is 73.5 cm³/mol. The molecule has 3 nitrogen and oxygen atoms in total. The van der Waals surface area contributed by atoms with Gasteiger partial charge in [-0.3, -0.25) is 0 Å². The van der Waals surface area contributed by atoms with Crippen LogP contribution in [0.3, 0.4) is 0 Å². The molecule has 3 rings (SSSR count). The van der Waals surface area contributed by atoms with Gasteiger partial charge in [0.2, 0.25) is 0 Å². The lowest BCUT2D eigenvalue weighted by atomic mass is 10.1. The highest BCUT2D eigenvalue weighted by atomic mass is 32.2. The molecule has 1 fully saturated rings. The zero-order chi connectivity index (χ0) is 11.5. The Morgan fingerprint density at radius 1 is 1.29 bits per heavy atom. The zero-order valence-electron chi connectivity index (χ0n) is 9.60. The monoisotopic (exact) mass is 245 g/mol. The summed E-state index contributed by atoms with van der Waals surface area (Å²) in [5.41, 5.74) is 1.01. The van der Waals surface area contributed by atoms with Crippen molar-refractivity contribution in [1.82, 2.24) is 9.97 Å². The van der Waals surface area contributed by atoms with Crippen LogP contribution in [0, 0.1) is 5.92 Å². The van der Waals surface area contributed by atoms with E-state index < -0.39 is 0 Å². The number of hydrogen-bond acceptors (Lipinski definition) is 4. The van der Waals surface area contributed by atoms with Crippen molar-refractivity contribution in [2.24, 2.45) is 5.92 Å². The van der Waals surface area contributed by atoms with E-state index in [1.165, 1.54) is 17.9 Å². The maximum Gasteiger partial charge on any atom is 0.137 e. The third kappa shape index (κ3) is 2.36. The van der Waals surface area contributed by atoms with Gasteiger partial charge in [0.1, 0.15) is 12.1 Å². The van der Waals surface area contributed by atoms with Gasteiger partial charge < -0.3 is 5.32 Å². The van der Waals surface area contributed by atoms with Crippen LogP contribution in [-0.4, -0.2) is 28.0 Å². The molecule has 0 bridgehead atoms. The number of fused-ring (bicyclic) bond motifs is 1. The van der Waals surface area contributed by atoms with Crippen LogP contribution in [0.25, 0.3) is 10.9 Å². The van der Waals surface area contributed by atoms with Crippen molar-refractivity contribution in [1.29, 1.82) is 0 Å². The molecule has 0 amide bonds. The second-order valence-corrected chi connectivity index (χ2v) is 5.50. The minimum atomic E-state index is 0.786. The topological polar surface area (TPSA) is 37.8 Å². The first-order valence-electron chi connectivity index (χ1n) is 5.95. The van der Waals surface area contributed by atoms with Gasteiger partial charge in [-0.2, -0.15) is 11.8 Å². The lowest BCUT2D eigenvalue weighted by Gasteiger charge is -2.11. The van der Waals surface area contributed by atoms with E-state index in [0.717, 1.165) is 29.2 Å². The van der Waals surface area contributed by atoms with E-state index in [-0.39, 0.29) is 0 Å². The highest BCUT2D eigenvalue weighted by Crippen LogP contribution is 2.24. The number of benzene rings is 1. The van der Waals surface area contributed by atoms with Crippen molar-refractivity contribution >= 4 is 28.5 Å². The summed E-state index contributed by atoms with van der Waals surface area (Å²) in [4.78, 5) is 8.61. The fourth-order valence-corrected chi connectivity index (χ4v) is 3.42. The van der Waals surface area contributed by atoms with Crippen molar-refractivity contribution in [3.63, 3.8) is 0 Å². The van der Waals surface area contributed by atoms with E-state index in [1.54, 1.807) is 6.33 Å². The van der Waals surface area contributed by atoms with E-state index in [2.05, 4.69) is 21.4 Å². The molecule has 4 heteroatoms. The Hall–Kier alpha value is -1.29. The summed E-state index contributed by atoms with van der Waals surface area (Å²) in [5, 5.41) is 4.58. The average Bonchev–Trinajstić information content (AvgIpc) is 2.89. The Bertz CT molecular complexity index is 503. The Morgan fingerprint density at radius 2 is 2.24 bits per heavy atom. The van der Waals surface area contributed by atoms with Crippen molar-refractivity contribution in [2.75, 3.05) is 23.4 Å². The normalized spacial score (nSPS) is 19.6. The zero-order valence-corrected chi connectivity index (χ0v) is 10.4. The third-order valence-electron chi connectivity index (χ3n) is 3.12. The molecular formula is C13H15N3S. The molecule has 1 aliphatic rings. The SMILES string of the molecule is c1ccc2c(NCC3CCSC3)ncnc2c1. The van der Waals surface area contributed by atoms with Gasteiger partial charge in [-0.1, -0.05) is 12.1 Å². The van der Waals surface area contributed by atoms with Crippen LogP contribution in [0.5, 0.6) is 0 Å². The smallest absolute Gasteiger partial charge is 0.137 e. The molecule has 1 N–H and O–H groups in total. The van der Waals surface area contributed by atoms with Crippen LogP contribution in [0.2, 0.25) is 0 Å². The van der Waals surface area contributed by atoms with Gasteiger partial charge in [0.15, 0.2) is 0 Å². The number of nitrogens with one attached hydrogen (secondary N) is 1. The van der Waals surface area contributed by atoms with Crippen LogP contribution < -0.4 is 5.32 Å². The molecule has 88 valence electrons. The molecule has 0 spiro atoms. The Morgan fingerprint density at radius 3 is 3.12 bits per heavy atom. The standard InChI is InChI=1S/C13H15N3S/c1-2-4-12-11(3-1)13(16-9-15-12)14-7-10-5-6-17-8-10/h1-4,9-10H,5-8H2,(H,14,15,16). The first kappa shape index (κ1) is 10.8. The highest BCUT2D eigenvalue weighted by Gasteiger charge is 2.15. The van der Waals surface area contributed by atoms with Gasteiger partial charge in [-0.25, -0.2) is 9.97 Å². The number of nitrogens with zero attached hydrogens (tertiary/aromatic N) is 2. The quantitative estimate of drug-likeness (QED) is 0.902. The van der Waals surface area contributed by atoms with Crippen LogP contribution in [0.15, 0.2) is 30.6 Å². The number of hydrogen-bond donors (Lipinski definition) is 1. The van der Waals surface area contributed by atoms with Gasteiger partial charge in [0.25, 0.3) is 0 Å². The van der Waals surface area contributed by atoms with Crippen molar-refractivity contribution in [3.8, 4) is 0 Å². The minimum Gasteiger partial charge on any atom is -0.369 e. The lowest BCUT2D eigenvalue weighted by molar-refractivity contribution is 0.631. The summed E-state index contributed by atoms with van der Waals surface area (Å²) >= 11 is 2.05. The number of para-hydroxylation sites is 1. The van der Waals surface area contributed by atoms with E-state index in [1.807, 2.05) is 30.0 Å². The fraction of sp³-hybridized carbons (Fsp3) is 0.385. The number of rotatable bonds is 3. The van der Waals surface area contributed by atoms with Crippen molar-refractivity contribution in [3.05, 3.63) is 30.6 Å². The Labute approximate surface area is 105 Å². The number of thioether (sulfide) groups is 1. The third-order valence-corrected chi connectivity index (χ3v) is 4.36. The summed E-state index contributed by atoms with van der Waals surface area (Å²) in [6, 6.07) is 8.13. The summed E-state index contributed by atoms with van der Waals surface area (Å²) in [6.45, 7) is 1.02. The Kier molecular flexibility index (Phi) is 3.14. The van der Waals surface area contributed by atoms with Crippen molar-refractivity contribution in [2.45, 2.75) is 6.42 Å². The second kappa shape index (κ2) is 4.92. The van der Waals surface area contributed by atoms with Crippen LogP contribution in [-0.2, 0) is 0 Å². The maximum absolute atomic E-state index is 4.34. The van der Waals surface area contributed by atoms with Crippen molar-refractivity contribution < 1.29 is 0 Å². The fourth-order valence-electron chi connectivity index (χ4n) is 2.13. The summed E-state index contributed by atoms with van der Waals surface area (Å²) < 4.78 is 0. The molecule has 1 unspecified atom stereocenters. The number of aromatic nitrogens is 2. The molecule has 2 aromatic rings. The molecule has 17 heavy (non-hydrogen) atoms. The van der Waals surface area contributed by atoms with Gasteiger partial charge in [0, 0.05) is 11.9 Å². The summed E-state index contributed by atoms with van der Waals surface area (Å²) in [6.07, 6.45) is 2.95. The molecule has 0 saturated carbocycles. The van der Waals surface area contributed by atoms with E-state index >= 15 is 0 Å². The molecule has 1 aliphatic heterocycles. The van der Waals surface area contributed by atoms with Gasteiger partial charge >= 0.3 is 0 Å². The van der Waals surface area contributed by atoms with Gasteiger partial charge in [-0.15, -0.1) is 0 Å². The summed E-state index contributed by atoms with van der Waals surface area (Å²) in [5.74, 6) is 4.33. The molecule has 1 aromatic carbocycles. The van der Waals surface area contributed by atoms with E-state index in [9.17, 15) is 0 Å². The molecule has 2 heterocycles. The first-order valence-corrected chi connectivity index (χ1v) is 7.10. The van der Waals surface area contributed by atoms with Gasteiger partial charge in [0.05, 0.1) is 5.52 Å². The largest absolute Gasteiger partial charge is 0.369 e. The summed E-state index contributed by atoms with van der Waals surface area (Å²) in [7, 11) is 0. The van der Waals surface area contributed by atoms with Crippen LogP contribution in [0.1, 0.15) is 6.42 Å².